The van der Waals surface area contributed by atoms with Crippen LogP contribution in [0.25, 0.3) is 0 Å². The van der Waals surface area contributed by atoms with Crippen LogP contribution in [0.15, 0.2) is 11.0 Å². The highest BCUT2D eigenvalue weighted by Gasteiger charge is 2.12. The molecule has 8 heteroatoms. The van der Waals surface area contributed by atoms with Crippen LogP contribution in [0.2, 0.25) is 0 Å². The molecule has 0 bridgehead atoms. The highest BCUT2D eigenvalue weighted by molar-refractivity contribution is 7.99. The molecule has 0 aromatic carbocycles. The third kappa shape index (κ3) is 3.19. The van der Waals surface area contributed by atoms with E-state index in [1.165, 1.54) is 11.8 Å². The molecule has 1 unspecified atom stereocenters. The molecule has 1 rings (SSSR count). The van der Waals surface area contributed by atoms with E-state index in [1.807, 2.05) is 0 Å². The van der Waals surface area contributed by atoms with Crippen molar-refractivity contribution in [2.24, 2.45) is 0 Å². The van der Waals surface area contributed by atoms with Crippen LogP contribution in [0.4, 0.5) is 10.2 Å². The predicted octanol–water partition coefficient (Wildman–Crippen LogP) is -0.819. The van der Waals surface area contributed by atoms with Crippen LogP contribution in [0.5, 0.6) is 0 Å². The molecule has 4 N–H and O–H groups in total. The summed E-state index contributed by atoms with van der Waals surface area (Å²) in [5, 5.41) is 18.1. The van der Waals surface area contributed by atoms with Gasteiger partial charge in [-0.05, 0) is 0 Å². The van der Waals surface area contributed by atoms with Crippen LogP contribution in [-0.2, 0) is 0 Å². The maximum atomic E-state index is 13.0. The topological polar surface area (TPSA) is 101 Å². The lowest BCUT2D eigenvalue weighted by molar-refractivity contribution is 0.122. The largest absolute Gasteiger partial charge is 0.396 e. The average Bonchev–Trinajstić information content (AvgIpc) is 2.23. The van der Waals surface area contributed by atoms with Gasteiger partial charge in [0.2, 0.25) is 0 Å². The highest BCUT2D eigenvalue weighted by Crippen LogP contribution is 2.11. The highest BCUT2D eigenvalue weighted by atomic mass is 32.2. The molecule has 0 aliphatic carbocycles. The van der Waals surface area contributed by atoms with Gasteiger partial charge in [0.15, 0.2) is 11.6 Å². The smallest absolute Gasteiger partial charge is 0.351 e. The van der Waals surface area contributed by atoms with Gasteiger partial charge in [-0.1, -0.05) is 0 Å². The molecule has 0 spiro atoms. The van der Waals surface area contributed by atoms with Gasteiger partial charge in [0.1, 0.15) is 6.23 Å². The number of nitrogen functional groups attached to an aromatic ring is 1. The van der Waals surface area contributed by atoms with Crippen molar-refractivity contribution in [1.82, 2.24) is 9.55 Å². The Kier molecular flexibility index (Phi) is 4.71. The third-order valence-corrected chi connectivity index (χ3v) is 2.76. The predicted molar refractivity (Wildman–Crippen MR) is 58.5 cm³/mol. The van der Waals surface area contributed by atoms with Gasteiger partial charge in [-0.2, -0.15) is 16.7 Å². The summed E-state index contributed by atoms with van der Waals surface area (Å²) >= 11 is 1.23. The van der Waals surface area contributed by atoms with E-state index in [9.17, 15) is 14.3 Å². The summed E-state index contributed by atoms with van der Waals surface area (Å²) in [5.74, 6) is -0.760. The number of halogens is 1. The molecule has 1 aromatic heterocycles. The molecule has 90 valence electrons. The van der Waals surface area contributed by atoms with E-state index in [-0.39, 0.29) is 12.4 Å². The van der Waals surface area contributed by atoms with E-state index in [1.54, 1.807) is 0 Å². The van der Waals surface area contributed by atoms with Crippen molar-refractivity contribution >= 4 is 17.6 Å². The fraction of sp³-hybridized carbons (Fsp3) is 0.500. The molecule has 0 aliphatic heterocycles. The number of aliphatic hydroxyl groups excluding tert-OH is 2. The fourth-order valence-corrected chi connectivity index (χ4v) is 1.67. The van der Waals surface area contributed by atoms with Gasteiger partial charge in [-0.15, -0.1) is 0 Å². The Hall–Kier alpha value is -1.12. The molecular weight excluding hydrogens is 237 g/mol. The number of hydrogen-bond donors (Lipinski definition) is 3. The minimum atomic E-state index is -1.19. The van der Waals surface area contributed by atoms with Gasteiger partial charge in [-0.3, -0.25) is 4.57 Å². The first-order valence-electron chi connectivity index (χ1n) is 4.47. The fourth-order valence-electron chi connectivity index (χ4n) is 1.00. The van der Waals surface area contributed by atoms with Gasteiger partial charge in [0.25, 0.3) is 0 Å². The Morgan fingerprint density at radius 3 is 3.00 bits per heavy atom. The summed E-state index contributed by atoms with van der Waals surface area (Å²) in [6, 6.07) is 0. The second-order valence-electron chi connectivity index (χ2n) is 2.94. The van der Waals surface area contributed by atoms with Gasteiger partial charge in [0, 0.05) is 11.5 Å². The van der Waals surface area contributed by atoms with Gasteiger partial charge < -0.3 is 15.9 Å². The molecule has 0 saturated carbocycles. The number of aromatic nitrogens is 2. The van der Waals surface area contributed by atoms with Crippen LogP contribution >= 0.6 is 11.8 Å². The van der Waals surface area contributed by atoms with Crippen LogP contribution < -0.4 is 11.4 Å². The van der Waals surface area contributed by atoms with Crippen LogP contribution in [0.3, 0.4) is 0 Å². The zero-order valence-electron chi connectivity index (χ0n) is 8.34. The maximum Gasteiger partial charge on any atom is 0.351 e. The number of nitrogens with two attached hydrogens (primary N) is 1. The number of anilines is 1. The standard InChI is InChI=1S/C8H12FN3O3S/c9-5-3-12(8(15)11-7(5)10)6(14)4-16-2-1-13/h3,6,13-14H,1-2,4H2,(H2,10,11,15). The Bertz CT molecular complexity index is 412. The number of hydrogen-bond acceptors (Lipinski definition) is 6. The molecule has 16 heavy (non-hydrogen) atoms. The summed E-state index contributed by atoms with van der Waals surface area (Å²) in [6.45, 7) is -0.0271. The van der Waals surface area contributed by atoms with Crippen molar-refractivity contribution in [3.05, 3.63) is 22.5 Å². The first-order valence-corrected chi connectivity index (χ1v) is 5.62. The van der Waals surface area contributed by atoms with E-state index in [2.05, 4.69) is 4.98 Å². The van der Waals surface area contributed by atoms with Gasteiger partial charge in [-0.25, -0.2) is 9.18 Å². The second-order valence-corrected chi connectivity index (χ2v) is 4.09. The maximum absolute atomic E-state index is 13.0. The summed E-state index contributed by atoms with van der Waals surface area (Å²) in [6.07, 6.45) is -0.374. The number of rotatable bonds is 5. The van der Waals surface area contributed by atoms with Crippen molar-refractivity contribution in [2.75, 3.05) is 23.8 Å². The molecular formula is C8H12FN3O3S. The molecule has 0 radical (unpaired) electrons. The molecule has 0 fully saturated rings. The molecule has 1 atom stereocenters. The van der Waals surface area contributed by atoms with Gasteiger partial charge >= 0.3 is 5.69 Å². The van der Waals surface area contributed by atoms with Crippen molar-refractivity contribution in [1.29, 1.82) is 0 Å². The molecule has 0 aliphatic rings. The van der Waals surface area contributed by atoms with Crippen molar-refractivity contribution in [2.45, 2.75) is 6.23 Å². The van der Waals surface area contributed by atoms with Crippen LogP contribution in [0.1, 0.15) is 6.23 Å². The lowest BCUT2D eigenvalue weighted by Crippen LogP contribution is -2.29. The van der Waals surface area contributed by atoms with Gasteiger partial charge in [0.05, 0.1) is 12.8 Å². The molecule has 0 saturated heterocycles. The summed E-state index contributed by atoms with van der Waals surface area (Å²) < 4.78 is 13.8. The normalized spacial score (nSPS) is 12.7. The summed E-state index contributed by atoms with van der Waals surface area (Å²) in [7, 11) is 0. The van der Waals surface area contributed by atoms with E-state index in [0.29, 0.717) is 5.75 Å². The Labute approximate surface area is 94.9 Å². The Balaban J connectivity index is 2.79. The lowest BCUT2D eigenvalue weighted by Gasteiger charge is -2.12. The van der Waals surface area contributed by atoms with Crippen molar-refractivity contribution in [3.8, 4) is 0 Å². The van der Waals surface area contributed by atoms with E-state index in [4.69, 9.17) is 10.8 Å². The Morgan fingerprint density at radius 1 is 1.69 bits per heavy atom. The zero-order chi connectivity index (χ0) is 12.1. The average molecular weight is 249 g/mol. The monoisotopic (exact) mass is 249 g/mol. The number of nitrogens with zero attached hydrogens (tertiary/aromatic N) is 2. The van der Waals surface area contributed by atoms with Crippen LogP contribution in [0, 0.1) is 5.82 Å². The van der Waals surface area contributed by atoms with Crippen molar-refractivity contribution in [3.63, 3.8) is 0 Å². The van der Waals surface area contributed by atoms with E-state index in [0.717, 1.165) is 10.8 Å². The second kappa shape index (κ2) is 5.83. The molecule has 1 aromatic rings. The van der Waals surface area contributed by atoms with Crippen molar-refractivity contribution < 1.29 is 14.6 Å². The molecule has 6 nitrogen and oxygen atoms in total. The number of aliphatic hydroxyl groups is 2. The zero-order valence-corrected chi connectivity index (χ0v) is 9.15. The summed E-state index contributed by atoms with van der Waals surface area (Å²) in [4.78, 5) is 14.5. The van der Waals surface area contributed by atoms with Crippen LogP contribution in [-0.4, -0.2) is 37.9 Å². The molecule has 0 amide bonds. The van der Waals surface area contributed by atoms with E-state index >= 15 is 0 Å². The minimum Gasteiger partial charge on any atom is -0.396 e. The Morgan fingerprint density at radius 2 is 2.38 bits per heavy atom. The number of thioether (sulfide) groups is 1. The van der Waals surface area contributed by atoms with E-state index < -0.39 is 23.6 Å². The third-order valence-electron chi connectivity index (χ3n) is 1.76. The quantitative estimate of drug-likeness (QED) is 0.589. The first kappa shape index (κ1) is 12.9. The SMILES string of the molecule is Nc1nc(=O)n(C(O)CSCCO)cc1F. The summed E-state index contributed by atoms with van der Waals surface area (Å²) in [5.41, 5.74) is 4.28. The first-order chi connectivity index (χ1) is 7.56. The lowest BCUT2D eigenvalue weighted by atomic mass is 10.5. The molecule has 1 heterocycles. The minimum absolute atomic E-state index is 0.0271.